The number of hydrogen-bond acceptors (Lipinski definition) is 3. The highest BCUT2D eigenvalue weighted by atomic mass is 19.1. The first-order valence-electron chi connectivity index (χ1n) is 5.95. The van der Waals surface area contributed by atoms with Crippen LogP contribution in [0, 0.1) is 11.7 Å². The smallest absolute Gasteiger partial charge is 0.241 e. The Morgan fingerprint density at radius 3 is 2.42 bits per heavy atom. The summed E-state index contributed by atoms with van der Waals surface area (Å²) < 4.78 is 13.4. The van der Waals surface area contributed by atoms with Gasteiger partial charge in [0.1, 0.15) is 5.82 Å². The van der Waals surface area contributed by atoms with Gasteiger partial charge in [-0.3, -0.25) is 9.59 Å². The predicted molar refractivity (Wildman–Crippen MR) is 72.1 cm³/mol. The molecule has 1 aromatic carbocycles. The molecular formula is C13H18FN3O2. The first-order chi connectivity index (χ1) is 8.81. The van der Waals surface area contributed by atoms with E-state index in [2.05, 4.69) is 10.6 Å². The summed E-state index contributed by atoms with van der Waals surface area (Å²) in [4.78, 5) is 22.7. The molecule has 104 valence electrons. The summed E-state index contributed by atoms with van der Waals surface area (Å²) in [6.45, 7) is 4.94. The van der Waals surface area contributed by atoms with E-state index in [0.29, 0.717) is 5.69 Å². The summed E-state index contributed by atoms with van der Waals surface area (Å²) in [5.41, 5.74) is 6.10. The molecule has 5 nitrogen and oxygen atoms in total. The number of carbonyl (C=O) groups excluding carboxylic acids is 2. The molecule has 0 fully saturated rings. The number of nitrogens with two attached hydrogens (primary N) is 1. The SMILES string of the molecule is CC(=O)Nc1cc(NC(=O)[C@H](N)C(C)C)ccc1F. The number of nitrogens with one attached hydrogen (secondary N) is 2. The lowest BCUT2D eigenvalue weighted by atomic mass is 10.0. The Kier molecular flexibility index (Phi) is 5.00. The van der Waals surface area contributed by atoms with Gasteiger partial charge in [0.05, 0.1) is 11.7 Å². The van der Waals surface area contributed by atoms with Crippen molar-refractivity contribution >= 4 is 23.2 Å². The van der Waals surface area contributed by atoms with E-state index in [4.69, 9.17) is 5.73 Å². The topological polar surface area (TPSA) is 84.2 Å². The van der Waals surface area contributed by atoms with Gasteiger partial charge in [-0.05, 0) is 24.1 Å². The van der Waals surface area contributed by atoms with Gasteiger partial charge >= 0.3 is 0 Å². The first-order valence-corrected chi connectivity index (χ1v) is 5.95. The first kappa shape index (κ1) is 15.1. The molecule has 1 atom stereocenters. The lowest BCUT2D eigenvalue weighted by Gasteiger charge is -2.16. The van der Waals surface area contributed by atoms with E-state index in [0.717, 1.165) is 0 Å². The summed E-state index contributed by atoms with van der Waals surface area (Å²) in [6, 6.07) is 3.28. The Morgan fingerprint density at radius 2 is 1.89 bits per heavy atom. The van der Waals surface area contributed by atoms with Crippen molar-refractivity contribution in [1.29, 1.82) is 0 Å². The molecule has 6 heteroatoms. The zero-order valence-electron chi connectivity index (χ0n) is 11.2. The normalized spacial score (nSPS) is 12.1. The molecule has 0 aromatic heterocycles. The van der Waals surface area contributed by atoms with Crippen LogP contribution >= 0.6 is 0 Å². The van der Waals surface area contributed by atoms with Gasteiger partial charge < -0.3 is 16.4 Å². The summed E-state index contributed by atoms with van der Waals surface area (Å²) in [5, 5.41) is 4.92. The number of rotatable bonds is 4. The summed E-state index contributed by atoms with van der Waals surface area (Å²) in [7, 11) is 0. The van der Waals surface area contributed by atoms with Crippen molar-refractivity contribution in [3.8, 4) is 0 Å². The van der Waals surface area contributed by atoms with Crippen molar-refractivity contribution in [1.82, 2.24) is 0 Å². The fraction of sp³-hybridized carbons (Fsp3) is 0.385. The molecule has 0 unspecified atom stereocenters. The van der Waals surface area contributed by atoms with Gasteiger partial charge in [0, 0.05) is 12.6 Å². The molecule has 4 N–H and O–H groups in total. The highest BCUT2D eigenvalue weighted by Gasteiger charge is 2.17. The van der Waals surface area contributed by atoms with Crippen LogP contribution in [0.1, 0.15) is 20.8 Å². The van der Waals surface area contributed by atoms with Crippen molar-refractivity contribution in [2.24, 2.45) is 11.7 Å². The molecule has 0 aliphatic rings. The zero-order chi connectivity index (χ0) is 14.6. The molecule has 0 saturated carbocycles. The van der Waals surface area contributed by atoms with E-state index < -0.39 is 11.9 Å². The molecule has 2 amide bonds. The summed E-state index contributed by atoms with van der Waals surface area (Å²) in [6.07, 6.45) is 0. The number of carbonyl (C=O) groups is 2. The minimum absolute atomic E-state index is 0.00439. The Morgan fingerprint density at radius 1 is 1.26 bits per heavy atom. The van der Waals surface area contributed by atoms with Crippen LogP contribution in [0.4, 0.5) is 15.8 Å². The van der Waals surface area contributed by atoms with Crippen molar-refractivity contribution in [2.75, 3.05) is 10.6 Å². The van der Waals surface area contributed by atoms with Crippen LogP contribution in [0.5, 0.6) is 0 Å². The number of hydrogen-bond donors (Lipinski definition) is 3. The average molecular weight is 267 g/mol. The molecule has 0 saturated heterocycles. The van der Waals surface area contributed by atoms with Gasteiger partial charge in [-0.2, -0.15) is 0 Å². The Bertz CT molecular complexity index is 489. The number of anilines is 2. The largest absolute Gasteiger partial charge is 0.325 e. The molecule has 0 spiro atoms. The van der Waals surface area contributed by atoms with Crippen LogP contribution in [0.25, 0.3) is 0 Å². The Balaban J connectivity index is 2.85. The zero-order valence-corrected chi connectivity index (χ0v) is 11.2. The molecule has 0 radical (unpaired) electrons. The highest BCUT2D eigenvalue weighted by Crippen LogP contribution is 2.20. The van der Waals surface area contributed by atoms with Gasteiger partial charge in [-0.25, -0.2) is 4.39 Å². The maximum atomic E-state index is 13.4. The van der Waals surface area contributed by atoms with Crippen molar-refractivity contribution < 1.29 is 14.0 Å². The summed E-state index contributed by atoms with van der Waals surface area (Å²) >= 11 is 0. The second-order valence-electron chi connectivity index (χ2n) is 4.63. The minimum Gasteiger partial charge on any atom is -0.325 e. The molecule has 0 bridgehead atoms. The second-order valence-corrected chi connectivity index (χ2v) is 4.63. The Labute approximate surface area is 111 Å². The molecule has 19 heavy (non-hydrogen) atoms. The lowest BCUT2D eigenvalue weighted by molar-refractivity contribution is -0.118. The van der Waals surface area contributed by atoms with Gasteiger partial charge in [-0.1, -0.05) is 13.8 Å². The standard InChI is InChI=1S/C13H18FN3O2/c1-7(2)12(15)13(19)17-9-4-5-10(14)11(6-9)16-8(3)18/h4-7,12H,15H2,1-3H3,(H,16,18)(H,17,19)/t12-/m1/s1. The number of halogens is 1. The number of benzene rings is 1. The monoisotopic (exact) mass is 267 g/mol. The Hall–Kier alpha value is -1.95. The van der Waals surface area contributed by atoms with Crippen LogP contribution in [0.3, 0.4) is 0 Å². The fourth-order valence-corrected chi connectivity index (χ4v) is 1.42. The van der Waals surface area contributed by atoms with Crippen molar-refractivity contribution in [3.63, 3.8) is 0 Å². The number of amides is 2. The lowest BCUT2D eigenvalue weighted by Crippen LogP contribution is -2.39. The van der Waals surface area contributed by atoms with Crippen molar-refractivity contribution in [2.45, 2.75) is 26.8 Å². The van der Waals surface area contributed by atoms with E-state index in [1.54, 1.807) is 0 Å². The van der Waals surface area contributed by atoms with Gasteiger partial charge in [0.15, 0.2) is 0 Å². The maximum Gasteiger partial charge on any atom is 0.241 e. The van der Waals surface area contributed by atoms with E-state index >= 15 is 0 Å². The third-order valence-electron chi connectivity index (χ3n) is 2.57. The quantitative estimate of drug-likeness (QED) is 0.776. The van der Waals surface area contributed by atoms with E-state index in [1.807, 2.05) is 13.8 Å². The summed E-state index contributed by atoms with van der Waals surface area (Å²) in [5.74, 6) is -1.31. The van der Waals surface area contributed by atoms with Gasteiger partial charge in [0.2, 0.25) is 11.8 Å². The third-order valence-corrected chi connectivity index (χ3v) is 2.57. The predicted octanol–water partition coefficient (Wildman–Crippen LogP) is 1.71. The van der Waals surface area contributed by atoms with E-state index in [9.17, 15) is 14.0 Å². The van der Waals surface area contributed by atoms with Gasteiger partial charge in [0.25, 0.3) is 0 Å². The van der Waals surface area contributed by atoms with Crippen LogP contribution in [0.15, 0.2) is 18.2 Å². The molecule has 0 aliphatic heterocycles. The van der Waals surface area contributed by atoms with E-state index in [1.165, 1.54) is 25.1 Å². The van der Waals surface area contributed by atoms with E-state index in [-0.39, 0.29) is 23.4 Å². The molecule has 0 aliphatic carbocycles. The van der Waals surface area contributed by atoms with Crippen molar-refractivity contribution in [3.05, 3.63) is 24.0 Å². The molecular weight excluding hydrogens is 249 g/mol. The minimum atomic E-state index is -0.644. The third kappa shape index (κ3) is 4.33. The maximum absolute atomic E-state index is 13.4. The second kappa shape index (κ2) is 6.29. The fourth-order valence-electron chi connectivity index (χ4n) is 1.42. The van der Waals surface area contributed by atoms with Gasteiger partial charge in [-0.15, -0.1) is 0 Å². The molecule has 1 rings (SSSR count). The van der Waals surface area contributed by atoms with Crippen LogP contribution in [-0.2, 0) is 9.59 Å². The van der Waals surface area contributed by atoms with Crippen LogP contribution < -0.4 is 16.4 Å². The van der Waals surface area contributed by atoms with Crippen LogP contribution in [-0.4, -0.2) is 17.9 Å². The molecule has 1 aromatic rings. The van der Waals surface area contributed by atoms with Crippen LogP contribution in [0.2, 0.25) is 0 Å². The highest BCUT2D eigenvalue weighted by molar-refractivity contribution is 5.96. The average Bonchev–Trinajstić information content (AvgIpc) is 2.31. The molecule has 0 heterocycles.